The molecule has 6 heteroatoms. The van der Waals surface area contributed by atoms with E-state index in [0.717, 1.165) is 19.3 Å². The highest BCUT2D eigenvalue weighted by Crippen LogP contribution is 2.26. The van der Waals surface area contributed by atoms with Gasteiger partial charge in [0.25, 0.3) is 0 Å². The second-order valence-corrected chi connectivity index (χ2v) is 7.62. The average molecular weight is 341 g/mol. The zero-order valence-corrected chi connectivity index (χ0v) is 15.7. The van der Waals surface area contributed by atoms with Crippen LogP contribution in [0.25, 0.3) is 0 Å². The lowest BCUT2D eigenvalue weighted by molar-refractivity contribution is -0.120. The third kappa shape index (κ3) is 9.11. The van der Waals surface area contributed by atoms with E-state index in [2.05, 4.69) is 16.0 Å². The van der Waals surface area contributed by atoms with Gasteiger partial charge in [0.2, 0.25) is 5.91 Å². The van der Waals surface area contributed by atoms with E-state index >= 15 is 0 Å². The van der Waals surface area contributed by atoms with Crippen molar-refractivity contribution in [2.75, 3.05) is 19.6 Å². The van der Waals surface area contributed by atoms with Crippen LogP contribution in [0.5, 0.6) is 0 Å². The summed E-state index contributed by atoms with van der Waals surface area (Å²) in [4.78, 5) is 23.7. The number of hydrogen-bond acceptors (Lipinski definition) is 4. The smallest absolute Gasteiger partial charge is 0.407 e. The van der Waals surface area contributed by atoms with Crippen molar-refractivity contribution in [3.8, 4) is 0 Å². The van der Waals surface area contributed by atoms with E-state index in [1.165, 1.54) is 19.3 Å². The molecule has 1 rings (SSSR count). The summed E-state index contributed by atoms with van der Waals surface area (Å²) in [7, 11) is 0. The highest BCUT2D eigenvalue weighted by atomic mass is 16.6. The molecule has 1 fully saturated rings. The van der Waals surface area contributed by atoms with Gasteiger partial charge >= 0.3 is 6.09 Å². The van der Waals surface area contributed by atoms with Gasteiger partial charge in [0.1, 0.15) is 5.60 Å². The quantitative estimate of drug-likeness (QED) is 0.634. The maximum Gasteiger partial charge on any atom is 0.407 e. The first-order chi connectivity index (χ1) is 11.3. The van der Waals surface area contributed by atoms with E-state index < -0.39 is 11.7 Å². The van der Waals surface area contributed by atoms with Crippen molar-refractivity contribution in [1.29, 1.82) is 0 Å². The van der Waals surface area contributed by atoms with Crippen LogP contribution < -0.4 is 16.0 Å². The Balaban J connectivity index is 2.48. The van der Waals surface area contributed by atoms with Crippen molar-refractivity contribution in [3.05, 3.63) is 0 Å². The minimum atomic E-state index is -0.502. The Kier molecular flexibility index (Phi) is 9.11. The number of amides is 2. The standard InChI is InChI=1S/C18H35N3O3/c1-5-11-19-16(22)13-20-15(14-9-7-6-8-10-14)12-21-17(23)24-18(2,3)4/h14-15,20H,5-13H2,1-4H3,(H,19,22)(H,21,23)/t15-/m1/s1. The van der Waals surface area contributed by atoms with Crippen molar-refractivity contribution >= 4 is 12.0 Å². The second-order valence-electron chi connectivity index (χ2n) is 7.62. The van der Waals surface area contributed by atoms with Crippen LogP contribution in [-0.4, -0.2) is 43.3 Å². The van der Waals surface area contributed by atoms with E-state index in [4.69, 9.17) is 4.74 Å². The van der Waals surface area contributed by atoms with Crippen LogP contribution in [0.3, 0.4) is 0 Å². The molecule has 24 heavy (non-hydrogen) atoms. The van der Waals surface area contributed by atoms with Crippen LogP contribution in [-0.2, 0) is 9.53 Å². The van der Waals surface area contributed by atoms with Gasteiger partial charge in [0.15, 0.2) is 0 Å². The second kappa shape index (κ2) is 10.5. The molecule has 1 atom stereocenters. The van der Waals surface area contributed by atoms with E-state index in [-0.39, 0.29) is 18.5 Å². The molecule has 0 aromatic carbocycles. The molecule has 1 aliphatic rings. The van der Waals surface area contributed by atoms with E-state index in [1.54, 1.807) is 0 Å². The average Bonchev–Trinajstić information content (AvgIpc) is 2.52. The molecule has 0 aromatic heterocycles. The van der Waals surface area contributed by atoms with Crippen LogP contribution in [0.4, 0.5) is 4.79 Å². The fourth-order valence-corrected chi connectivity index (χ4v) is 3.00. The summed E-state index contributed by atoms with van der Waals surface area (Å²) in [6, 6.07) is 0.102. The van der Waals surface area contributed by atoms with Crippen molar-refractivity contribution in [1.82, 2.24) is 16.0 Å². The summed E-state index contributed by atoms with van der Waals surface area (Å²) in [6.07, 6.45) is 6.53. The number of ether oxygens (including phenoxy) is 1. The highest BCUT2D eigenvalue weighted by Gasteiger charge is 2.25. The minimum Gasteiger partial charge on any atom is -0.444 e. The van der Waals surface area contributed by atoms with Crippen LogP contribution >= 0.6 is 0 Å². The summed E-state index contributed by atoms with van der Waals surface area (Å²) in [6.45, 7) is 9.05. The molecule has 0 bridgehead atoms. The summed E-state index contributed by atoms with van der Waals surface area (Å²) < 4.78 is 5.30. The third-order valence-electron chi connectivity index (χ3n) is 4.18. The summed E-state index contributed by atoms with van der Waals surface area (Å²) in [5, 5.41) is 9.06. The minimum absolute atomic E-state index is 0.00919. The molecule has 140 valence electrons. The van der Waals surface area contributed by atoms with Crippen molar-refractivity contribution in [2.45, 2.75) is 77.9 Å². The number of hydrogen-bond donors (Lipinski definition) is 3. The predicted molar refractivity (Wildman–Crippen MR) is 95.9 cm³/mol. The highest BCUT2D eigenvalue weighted by molar-refractivity contribution is 5.78. The van der Waals surface area contributed by atoms with E-state index in [1.807, 2.05) is 27.7 Å². The van der Waals surface area contributed by atoms with Crippen LogP contribution in [0.2, 0.25) is 0 Å². The fraction of sp³-hybridized carbons (Fsp3) is 0.889. The van der Waals surface area contributed by atoms with Crippen molar-refractivity contribution in [3.63, 3.8) is 0 Å². The first-order valence-electron chi connectivity index (χ1n) is 9.28. The molecule has 1 saturated carbocycles. The lowest BCUT2D eigenvalue weighted by atomic mass is 9.84. The molecular formula is C18H35N3O3. The van der Waals surface area contributed by atoms with Gasteiger partial charge in [0.05, 0.1) is 6.54 Å². The number of rotatable bonds is 8. The van der Waals surface area contributed by atoms with Crippen molar-refractivity contribution < 1.29 is 14.3 Å². The van der Waals surface area contributed by atoms with Gasteiger partial charge in [-0.1, -0.05) is 26.2 Å². The Morgan fingerprint density at radius 3 is 2.38 bits per heavy atom. The van der Waals surface area contributed by atoms with Gasteiger partial charge in [-0.3, -0.25) is 4.79 Å². The lowest BCUT2D eigenvalue weighted by Crippen LogP contribution is -2.49. The Bertz CT molecular complexity index is 387. The van der Waals surface area contributed by atoms with Gasteiger partial charge in [0, 0.05) is 19.1 Å². The van der Waals surface area contributed by atoms with E-state index in [0.29, 0.717) is 19.0 Å². The van der Waals surface area contributed by atoms with Gasteiger partial charge in [-0.15, -0.1) is 0 Å². The molecule has 0 aromatic rings. The van der Waals surface area contributed by atoms with Crippen LogP contribution in [0, 0.1) is 5.92 Å². The molecule has 0 aliphatic heterocycles. The largest absolute Gasteiger partial charge is 0.444 e. The zero-order valence-electron chi connectivity index (χ0n) is 15.7. The normalized spacial score (nSPS) is 17.2. The first-order valence-corrected chi connectivity index (χ1v) is 9.28. The molecule has 0 heterocycles. The predicted octanol–water partition coefficient (Wildman–Crippen LogP) is 2.58. The number of carbonyl (C=O) groups is 2. The van der Waals surface area contributed by atoms with Gasteiger partial charge < -0.3 is 20.7 Å². The van der Waals surface area contributed by atoms with Gasteiger partial charge in [-0.25, -0.2) is 4.79 Å². The molecule has 0 spiro atoms. The van der Waals surface area contributed by atoms with Gasteiger partial charge in [-0.2, -0.15) is 0 Å². The van der Waals surface area contributed by atoms with Gasteiger partial charge in [-0.05, 0) is 46.0 Å². The molecule has 3 N–H and O–H groups in total. The molecule has 6 nitrogen and oxygen atoms in total. The summed E-state index contributed by atoms with van der Waals surface area (Å²) in [5.41, 5.74) is -0.502. The molecule has 2 amide bonds. The lowest BCUT2D eigenvalue weighted by Gasteiger charge is -2.31. The van der Waals surface area contributed by atoms with E-state index in [9.17, 15) is 9.59 Å². The van der Waals surface area contributed by atoms with Crippen LogP contribution in [0.1, 0.15) is 66.2 Å². The molecule has 1 aliphatic carbocycles. The monoisotopic (exact) mass is 341 g/mol. The maximum absolute atomic E-state index is 11.9. The number of carbonyl (C=O) groups excluding carboxylic acids is 2. The first kappa shape index (κ1) is 20.7. The molecule has 0 radical (unpaired) electrons. The SMILES string of the molecule is CCCNC(=O)CN[C@H](CNC(=O)OC(C)(C)C)C1CCCCC1. The fourth-order valence-electron chi connectivity index (χ4n) is 3.00. The Hall–Kier alpha value is -1.30. The number of alkyl carbamates (subject to hydrolysis) is 1. The Labute approximate surface area is 146 Å². The molecular weight excluding hydrogens is 306 g/mol. The Morgan fingerprint density at radius 1 is 1.12 bits per heavy atom. The molecule has 0 unspecified atom stereocenters. The van der Waals surface area contributed by atoms with Crippen molar-refractivity contribution in [2.24, 2.45) is 5.92 Å². The maximum atomic E-state index is 11.9. The Morgan fingerprint density at radius 2 is 1.79 bits per heavy atom. The zero-order chi connectivity index (χ0) is 18.0. The third-order valence-corrected chi connectivity index (χ3v) is 4.18. The summed E-state index contributed by atoms with van der Waals surface area (Å²) >= 11 is 0. The van der Waals surface area contributed by atoms with Crippen LogP contribution in [0.15, 0.2) is 0 Å². The number of nitrogens with one attached hydrogen (secondary N) is 3. The molecule has 0 saturated heterocycles. The summed E-state index contributed by atoms with van der Waals surface area (Å²) in [5.74, 6) is 0.502. The topological polar surface area (TPSA) is 79.5 Å².